The van der Waals surface area contributed by atoms with Gasteiger partial charge in [0.05, 0.1) is 16.9 Å². The Morgan fingerprint density at radius 1 is 1.32 bits per heavy atom. The van der Waals surface area contributed by atoms with Gasteiger partial charge >= 0.3 is 11.9 Å². The molecule has 5 aliphatic rings. The van der Waals surface area contributed by atoms with E-state index >= 15 is 0 Å². The van der Waals surface area contributed by atoms with Crippen molar-refractivity contribution >= 4 is 11.9 Å². The van der Waals surface area contributed by atoms with Crippen molar-refractivity contribution in [3.05, 3.63) is 12.2 Å². The number of carbonyl (C=O) groups is 2. The van der Waals surface area contributed by atoms with E-state index in [9.17, 15) is 19.8 Å². The molecule has 5 nitrogen and oxygen atoms in total. The Kier molecular flexibility index (Phi) is 2.62. The third-order valence-corrected chi connectivity index (χ3v) is 9.06. The van der Waals surface area contributed by atoms with Crippen molar-refractivity contribution in [1.29, 1.82) is 0 Å². The number of ether oxygens (including phenoxy) is 1. The number of aliphatic hydroxyl groups is 1. The van der Waals surface area contributed by atoms with Crippen LogP contribution in [-0.2, 0) is 14.3 Å². The molecule has 0 radical (unpaired) electrons. The van der Waals surface area contributed by atoms with Crippen LogP contribution in [-0.4, -0.2) is 33.4 Å². The third kappa shape index (κ3) is 1.41. The quantitative estimate of drug-likeness (QED) is 0.563. The number of carboxylic acids is 1. The largest absolute Gasteiger partial charge is 0.481 e. The Bertz CT molecular complexity index is 730. The molecule has 2 unspecified atom stereocenters. The third-order valence-electron chi connectivity index (χ3n) is 9.06. The minimum atomic E-state index is -0.940. The summed E-state index contributed by atoms with van der Waals surface area (Å²) in [5, 5.41) is 21.2. The zero-order valence-electron chi connectivity index (χ0n) is 14.9. The molecular formula is C20H26O5. The molecule has 0 aromatic rings. The zero-order valence-corrected chi connectivity index (χ0v) is 14.9. The maximum Gasteiger partial charge on any atom is 0.313 e. The van der Waals surface area contributed by atoms with Crippen LogP contribution in [0, 0.1) is 34.5 Å². The normalized spacial score (nSPS) is 58.7. The first kappa shape index (κ1) is 15.9. The molecule has 0 aromatic heterocycles. The van der Waals surface area contributed by atoms with Gasteiger partial charge < -0.3 is 14.9 Å². The summed E-state index contributed by atoms with van der Waals surface area (Å²) in [5.74, 6) is -1.86. The lowest BCUT2D eigenvalue weighted by molar-refractivity contribution is -0.163. The summed E-state index contributed by atoms with van der Waals surface area (Å²) in [7, 11) is 0. The highest BCUT2D eigenvalue weighted by Gasteiger charge is 2.83. The molecule has 4 bridgehead atoms. The average molecular weight is 346 g/mol. The van der Waals surface area contributed by atoms with Crippen molar-refractivity contribution in [3.8, 4) is 0 Å². The Balaban J connectivity index is 1.76. The fraction of sp³-hybridized carbons (Fsp3) is 0.800. The maximum atomic E-state index is 12.9. The van der Waals surface area contributed by atoms with E-state index in [4.69, 9.17) is 4.74 Å². The first-order chi connectivity index (χ1) is 11.6. The molecule has 5 heteroatoms. The lowest BCUT2D eigenvalue weighted by Crippen LogP contribution is -2.50. The molecule has 1 heterocycles. The van der Waals surface area contributed by atoms with E-state index in [0.717, 1.165) is 18.4 Å². The Morgan fingerprint density at radius 3 is 2.72 bits per heavy atom. The molecule has 136 valence electrons. The molecular weight excluding hydrogens is 320 g/mol. The molecule has 4 aliphatic carbocycles. The number of aliphatic carboxylic acids is 1. The fourth-order valence-corrected chi connectivity index (χ4v) is 7.89. The van der Waals surface area contributed by atoms with Gasteiger partial charge in [-0.15, -0.1) is 0 Å². The number of rotatable bonds is 1. The van der Waals surface area contributed by atoms with E-state index < -0.39 is 33.9 Å². The minimum Gasteiger partial charge on any atom is -0.481 e. The Hall–Kier alpha value is -1.36. The van der Waals surface area contributed by atoms with Crippen molar-refractivity contribution in [2.45, 2.75) is 63.6 Å². The van der Waals surface area contributed by atoms with Gasteiger partial charge in [0.15, 0.2) is 0 Å². The summed E-state index contributed by atoms with van der Waals surface area (Å²) in [6, 6.07) is 0. The standard InChI is InChI=1S/C20H26O5/c1-10-4-7-20-12-5-6-19(24)9-18(12,8-11(19)2)13(15(21)22)14(20)17(10,3)16(23)25-20/h10,12-14,24H,2,4-9H2,1,3H3,(H,21,22)/t10-,12?,13-,14?,17+,18+,19+,20-/m1/s1. The highest BCUT2D eigenvalue weighted by atomic mass is 16.6. The van der Waals surface area contributed by atoms with Crippen LogP contribution in [0.3, 0.4) is 0 Å². The van der Waals surface area contributed by atoms with Gasteiger partial charge in [0.25, 0.3) is 0 Å². The van der Waals surface area contributed by atoms with Crippen molar-refractivity contribution in [1.82, 2.24) is 0 Å². The van der Waals surface area contributed by atoms with Gasteiger partial charge in [0.2, 0.25) is 0 Å². The highest BCUT2D eigenvalue weighted by Crippen LogP contribution is 2.79. The topological polar surface area (TPSA) is 83.8 Å². The van der Waals surface area contributed by atoms with Crippen LogP contribution in [0.1, 0.15) is 52.4 Å². The van der Waals surface area contributed by atoms with Crippen molar-refractivity contribution in [2.75, 3.05) is 0 Å². The van der Waals surface area contributed by atoms with Gasteiger partial charge in [0.1, 0.15) is 5.60 Å². The number of hydrogen-bond donors (Lipinski definition) is 2. The predicted molar refractivity (Wildman–Crippen MR) is 88.4 cm³/mol. The summed E-state index contributed by atoms with van der Waals surface area (Å²) in [6.45, 7) is 8.07. The van der Waals surface area contributed by atoms with Gasteiger partial charge in [-0.3, -0.25) is 9.59 Å². The molecule has 4 saturated carbocycles. The van der Waals surface area contributed by atoms with E-state index in [2.05, 4.69) is 13.5 Å². The van der Waals surface area contributed by atoms with Gasteiger partial charge in [-0.2, -0.15) is 0 Å². The summed E-state index contributed by atoms with van der Waals surface area (Å²) in [6.07, 6.45) is 3.96. The van der Waals surface area contributed by atoms with Crippen LogP contribution in [0.15, 0.2) is 12.2 Å². The summed E-state index contributed by atoms with van der Waals surface area (Å²) >= 11 is 0. The first-order valence-corrected chi connectivity index (χ1v) is 9.49. The van der Waals surface area contributed by atoms with Crippen LogP contribution < -0.4 is 0 Å². The molecule has 8 atom stereocenters. The molecule has 2 N–H and O–H groups in total. The molecule has 25 heavy (non-hydrogen) atoms. The zero-order chi connectivity index (χ0) is 18.0. The number of carboxylic acid groups (broad SMARTS) is 1. The van der Waals surface area contributed by atoms with Crippen molar-refractivity contribution in [2.24, 2.45) is 34.5 Å². The molecule has 5 rings (SSSR count). The summed E-state index contributed by atoms with van der Waals surface area (Å²) in [5.41, 5.74) is -2.09. The lowest BCUT2D eigenvalue weighted by Gasteiger charge is -2.46. The Morgan fingerprint density at radius 2 is 2.04 bits per heavy atom. The number of esters is 1. The van der Waals surface area contributed by atoms with E-state index in [-0.39, 0.29) is 23.7 Å². The van der Waals surface area contributed by atoms with Gasteiger partial charge in [-0.1, -0.05) is 13.5 Å². The van der Waals surface area contributed by atoms with E-state index in [1.54, 1.807) is 0 Å². The minimum absolute atomic E-state index is 0.0175. The van der Waals surface area contributed by atoms with Crippen LogP contribution in [0.2, 0.25) is 0 Å². The molecule has 0 amide bonds. The monoisotopic (exact) mass is 346 g/mol. The number of carbonyl (C=O) groups excluding carboxylic acids is 1. The van der Waals surface area contributed by atoms with Gasteiger partial charge in [-0.25, -0.2) is 0 Å². The summed E-state index contributed by atoms with van der Waals surface area (Å²) in [4.78, 5) is 25.4. The smallest absolute Gasteiger partial charge is 0.313 e. The van der Waals surface area contributed by atoms with Crippen LogP contribution in [0.4, 0.5) is 0 Å². The van der Waals surface area contributed by atoms with Gasteiger partial charge in [-0.05, 0) is 62.4 Å². The van der Waals surface area contributed by atoms with E-state index in [0.29, 0.717) is 25.7 Å². The molecule has 1 aliphatic heterocycles. The predicted octanol–water partition coefficient (Wildman–Crippen LogP) is 2.53. The van der Waals surface area contributed by atoms with Crippen LogP contribution in [0.5, 0.6) is 0 Å². The lowest BCUT2D eigenvalue weighted by atomic mass is 9.56. The molecule has 1 saturated heterocycles. The second kappa shape index (κ2) is 4.13. The second-order valence-electron chi connectivity index (χ2n) is 9.67. The number of fused-ring (bicyclic) bond motifs is 1. The van der Waals surface area contributed by atoms with Crippen molar-refractivity contribution in [3.63, 3.8) is 0 Å². The first-order valence-electron chi connectivity index (χ1n) is 9.49. The van der Waals surface area contributed by atoms with Crippen LogP contribution in [0.25, 0.3) is 0 Å². The molecule has 0 aromatic carbocycles. The van der Waals surface area contributed by atoms with Gasteiger partial charge in [0, 0.05) is 11.8 Å². The molecule has 1 spiro atoms. The number of hydrogen-bond acceptors (Lipinski definition) is 4. The maximum absolute atomic E-state index is 12.9. The van der Waals surface area contributed by atoms with E-state index in [1.165, 1.54) is 0 Å². The average Bonchev–Trinajstić information content (AvgIpc) is 2.95. The Labute approximate surface area is 147 Å². The SMILES string of the molecule is C=C1C[C@]23C[C@@]1(O)CCC2[C@@]12CC[C@@H](C)[C@](C)(C(=O)O1)C2[C@@H]3C(=O)O. The highest BCUT2D eigenvalue weighted by molar-refractivity contribution is 5.85. The fourth-order valence-electron chi connectivity index (χ4n) is 7.89. The summed E-state index contributed by atoms with van der Waals surface area (Å²) < 4.78 is 6.12. The molecule has 5 fully saturated rings. The van der Waals surface area contributed by atoms with E-state index in [1.807, 2.05) is 6.92 Å². The van der Waals surface area contributed by atoms with Crippen molar-refractivity contribution < 1.29 is 24.5 Å². The second-order valence-corrected chi connectivity index (χ2v) is 9.67. The van der Waals surface area contributed by atoms with Crippen LogP contribution >= 0.6 is 0 Å².